The SMILES string of the molecule is COC=Cc1ccc(OC)c2occ(CC(=O)OC)c12. The smallest absolute Gasteiger partial charge is 0.310 e. The zero-order valence-corrected chi connectivity index (χ0v) is 11.6. The molecule has 0 aliphatic rings. The van der Waals surface area contributed by atoms with Gasteiger partial charge in [0.25, 0.3) is 0 Å². The summed E-state index contributed by atoms with van der Waals surface area (Å²) in [5.74, 6) is 0.294. The van der Waals surface area contributed by atoms with E-state index in [0.717, 1.165) is 16.5 Å². The van der Waals surface area contributed by atoms with Crippen molar-refractivity contribution in [2.24, 2.45) is 0 Å². The predicted octanol–water partition coefficient (Wildman–Crippen LogP) is 2.77. The molecule has 1 heterocycles. The maximum absolute atomic E-state index is 11.5. The molecule has 2 aromatic rings. The summed E-state index contributed by atoms with van der Waals surface area (Å²) < 4.78 is 20.4. The van der Waals surface area contributed by atoms with E-state index in [0.29, 0.717) is 11.3 Å². The van der Waals surface area contributed by atoms with Gasteiger partial charge in [-0.2, -0.15) is 0 Å². The summed E-state index contributed by atoms with van der Waals surface area (Å²) in [6.07, 6.45) is 5.06. The quantitative estimate of drug-likeness (QED) is 0.621. The highest BCUT2D eigenvalue weighted by molar-refractivity contribution is 5.95. The number of hydrogen-bond donors (Lipinski definition) is 0. The second-order valence-electron chi connectivity index (χ2n) is 4.11. The van der Waals surface area contributed by atoms with Crippen LogP contribution < -0.4 is 4.74 Å². The van der Waals surface area contributed by atoms with E-state index in [9.17, 15) is 4.79 Å². The van der Waals surface area contributed by atoms with Crippen LogP contribution in [0.1, 0.15) is 11.1 Å². The van der Waals surface area contributed by atoms with Gasteiger partial charge in [0.1, 0.15) is 0 Å². The highest BCUT2D eigenvalue weighted by Gasteiger charge is 2.16. The van der Waals surface area contributed by atoms with Gasteiger partial charge in [0.2, 0.25) is 0 Å². The monoisotopic (exact) mass is 276 g/mol. The molecule has 0 atom stereocenters. The molecule has 1 aromatic carbocycles. The van der Waals surface area contributed by atoms with Crippen LogP contribution in [0.15, 0.2) is 29.1 Å². The summed E-state index contributed by atoms with van der Waals surface area (Å²) in [5.41, 5.74) is 2.24. The minimum atomic E-state index is -0.322. The molecule has 0 amide bonds. The van der Waals surface area contributed by atoms with Crippen LogP contribution in [0.2, 0.25) is 0 Å². The average molecular weight is 276 g/mol. The van der Waals surface area contributed by atoms with E-state index in [4.69, 9.17) is 18.6 Å². The summed E-state index contributed by atoms with van der Waals surface area (Å²) in [4.78, 5) is 11.5. The number of carbonyl (C=O) groups excluding carboxylic acids is 1. The molecule has 0 aliphatic heterocycles. The van der Waals surface area contributed by atoms with Gasteiger partial charge in [0, 0.05) is 10.9 Å². The molecule has 20 heavy (non-hydrogen) atoms. The van der Waals surface area contributed by atoms with Crippen LogP contribution in [0.3, 0.4) is 0 Å². The topological polar surface area (TPSA) is 57.9 Å². The van der Waals surface area contributed by atoms with Crippen molar-refractivity contribution in [2.75, 3.05) is 21.3 Å². The van der Waals surface area contributed by atoms with Gasteiger partial charge in [-0.05, 0) is 17.7 Å². The Bertz CT molecular complexity index is 639. The Morgan fingerprint density at radius 1 is 1.30 bits per heavy atom. The van der Waals surface area contributed by atoms with Gasteiger partial charge in [-0.25, -0.2) is 0 Å². The van der Waals surface area contributed by atoms with E-state index in [1.54, 1.807) is 32.8 Å². The number of rotatable bonds is 5. The van der Waals surface area contributed by atoms with E-state index >= 15 is 0 Å². The van der Waals surface area contributed by atoms with Crippen LogP contribution in [-0.4, -0.2) is 27.3 Å². The zero-order chi connectivity index (χ0) is 14.5. The first kappa shape index (κ1) is 14.0. The van der Waals surface area contributed by atoms with Gasteiger partial charge in [-0.15, -0.1) is 0 Å². The Kier molecular flexibility index (Phi) is 4.30. The van der Waals surface area contributed by atoms with E-state index in [1.807, 2.05) is 12.1 Å². The molecule has 0 spiro atoms. The van der Waals surface area contributed by atoms with E-state index < -0.39 is 0 Å². The van der Waals surface area contributed by atoms with E-state index in [1.165, 1.54) is 7.11 Å². The van der Waals surface area contributed by atoms with Crippen molar-refractivity contribution in [1.29, 1.82) is 0 Å². The third-order valence-electron chi connectivity index (χ3n) is 2.96. The Morgan fingerprint density at radius 2 is 2.10 bits per heavy atom. The highest BCUT2D eigenvalue weighted by atomic mass is 16.5. The van der Waals surface area contributed by atoms with Crippen molar-refractivity contribution in [3.05, 3.63) is 35.8 Å². The normalized spacial score (nSPS) is 10.9. The third-order valence-corrected chi connectivity index (χ3v) is 2.96. The van der Waals surface area contributed by atoms with E-state index in [2.05, 4.69) is 0 Å². The van der Waals surface area contributed by atoms with Gasteiger partial charge in [0.15, 0.2) is 11.3 Å². The third kappa shape index (κ3) is 2.61. The number of ether oxygens (including phenoxy) is 3. The molecule has 0 bridgehead atoms. The van der Waals surface area contributed by atoms with Crippen LogP contribution >= 0.6 is 0 Å². The maximum atomic E-state index is 11.5. The van der Waals surface area contributed by atoms with Crippen LogP contribution in [0.4, 0.5) is 0 Å². The number of esters is 1. The standard InChI is InChI=1S/C15H16O5/c1-17-7-6-10-4-5-12(18-2)15-14(10)11(9-20-15)8-13(16)19-3/h4-7,9H,8H2,1-3H3. The zero-order valence-electron chi connectivity index (χ0n) is 11.6. The van der Waals surface area contributed by atoms with Crippen molar-refractivity contribution in [3.63, 3.8) is 0 Å². The number of furan rings is 1. The fraction of sp³-hybridized carbons (Fsp3) is 0.267. The van der Waals surface area contributed by atoms with Crippen molar-refractivity contribution in [1.82, 2.24) is 0 Å². The first-order valence-corrected chi connectivity index (χ1v) is 6.04. The Hall–Kier alpha value is -2.43. The first-order chi connectivity index (χ1) is 9.71. The summed E-state index contributed by atoms with van der Waals surface area (Å²) in [5, 5.41) is 0.822. The lowest BCUT2D eigenvalue weighted by molar-refractivity contribution is -0.139. The lowest BCUT2D eigenvalue weighted by atomic mass is 10.0. The summed E-state index contributed by atoms with van der Waals surface area (Å²) in [6.45, 7) is 0. The Balaban J connectivity index is 2.58. The second-order valence-corrected chi connectivity index (χ2v) is 4.11. The van der Waals surface area contributed by atoms with Crippen molar-refractivity contribution in [3.8, 4) is 5.75 Å². The molecular weight excluding hydrogens is 260 g/mol. The molecular formula is C15H16O5. The fourth-order valence-corrected chi connectivity index (χ4v) is 2.01. The minimum absolute atomic E-state index is 0.143. The first-order valence-electron chi connectivity index (χ1n) is 6.04. The molecule has 0 unspecified atom stereocenters. The molecule has 0 saturated heterocycles. The second kappa shape index (κ2) is 6.14. The largest absolute Gasteiger partial charge is 0.504 e. The predicted molar refractivity (Wildman–Crippen MR) is 74.5 cm³/mol. The summed E-state index contributed by atoms with van der Waals surface area (Å²) in [7, 11) is 4.50. The van der Waals surface area contributed by atoms with Crippen molar-refractivity contribution in [2.45, 2.75) is 6.42 Å². The maximum Gasteiger partial charge on any atom is 0.310 e. The van der Waals surface area contributed by atoms with Gasteiger partial charge < -0.3 is 18.6 Å². The lowest BCUT2D eigenvalue weighted by Gasteiger charge is -2.04. The minimum Gasteiger partial charge on any atom is -0.504 e. The molecule has 0 N–H and O–H groups in total. The van der Waals surface area contributed by atoms with Gasteiger partial charge >= 0.3 is 5.97 Å². The number of hydrogen-bond acceptors (Lipinski definition) is 5. The lowest BCUT2D eigenvalue weighted by Crippen LogP contribution is -2.04. The Morgan fingerprint density at radius 3 is 2.75 bits per heavy atom. The molecule has 0 radical (unpaired) electrons. The summed E-state index contributed by atoms with van der Waals surface area (Å²) in [6, 6.07) is 3.69. The molecule has 5 nitrogen and oxygen atoms in total. The van der Waals surface area contributed by atoms with E-state index in [-0.39, 0.29) is 12.4 Å². The number of benzene rings is 1. The molecule has 0 fully saturated rings. The molecule has 2 rings (SSSR count). The van der Waals surface area contributed by atoms with Gasteiger partial charge in [-0.3, -0.25) is 4.79 Å². The molecule has 5 heteroatoms. The van der Waals surface area contributed by atoms with Gasteiger partial charge in [0.05, 0.1) is 40.3 Å². The van der Waals surface area contributed by atoms with Crippen LogP contribution in [0.25, 0.3) is 17.0 Å². The fourth-order valence-electron chi connectivity index (χ4n) is 2.01. The number of carbonyl (C=O) groups is 1. The molecule has 1 aromatic heterocycles. The van der Waals surface area contributed by atoms with Crippen molar-refractivity contribution >= 4 is 23.0 Å². The number of fused-ring (bicyclic) bond motifs is 1. The average Bonchev–Trinajstić information content (AvgIpc) is 2.89. The van der Waals surface area contributed by atoms with Crippen LogP contribution in [0, 0.1) is 0 Å². The molecule has 106 valence electrons. The van der Waals surface area contributed by atoms with Crippen molar-refractivity contribution < 1.29 is 23.4 Å². The highest BCUT2D eigenvalue weighted by Crippen LogP contribution is 2.33. The van der Waals surface area contributed by atoms with Crippen LogP contribution in [-0.2, 0) is 20.7 Å². The van der Waals surface area contributed by atoms with Gasteiger partial charge in [-0.1, -0.05) is 6.07 Å². The Labute approximate surface area is 116 Å². The van der Waals surface area contributed by atoms with Crippen LogP contribution in [0.5, 0.6) is 5.75 Å². The summed E-state index contributed by atoms with van der Waals surface area (Å²) >= 11 is 0. The molecule has 0 saturated carbocycles. The number of methoxy groups -OCH3 is 3. The molecule has 0 aliphatic carbocycles.